The van der Waals surface area contributed by atoms with Crippen LogP contribution in [0.4, 0.5) is 0 Å². The predicted octanol–water partition coefficient (Wildman–Crippen LogP) is 22.8. The summed E-state index contributed by atoms with van der Waals surface area (Å²) in [5, 5.41) is 2.97. The number of aryl methyl sites for hydroxylation is 2. The number of hydrogen-bond donors (Lipinski definition) is 1. The van der Waals surface area contributed by atoms with Crippen LogP contribution >= 0.6 is 0 Å². The van der Waals surface area contributed by atoms with Crippen LogP contribution in [0.15, 0.2) is 12.1 Å². The summed E-state index contributed by atoms with van der Waals surface area (Å²) in [6.07, 6.45) is 71.3. The molecule has 1 aromatic rings. The van der Waals surface area contributed by atoms with Gasteiger partial charge in [-0.05, 0) is 88.1 Å². The molecule has 0 fully saturated rings. The Hall–Kier alpha value is -1.84. The van der Waals surface area contributed by atoms with E-state index in [1.165, 1.54) is 333 Å². The molecule has 1 rings (SSSR count). The highest BCUT2D eigenvalue weighted by molar-refractivity contribution is 5.94. The average Bonchev–Trinajstić information content (AvgIpc) is 3.35. The number of unbranched alkanes of at least 4 members (excludes halogenated alkanes) is 45. The number of esters is 1. The third kappa shape index (κ3) is 49.1. The summed E-state index contributed by atoms with van der Waals surface area (Å²) >= 11 is 0. The van der Waals surface area contributed by atoms with Crippen molar-refractivity contribution in [2.45, 2.75) is 382 Å². The smallest absolute Gasteiger partial charge is 0.303 e. The van der Waals surface area contributed by atoms with Crippen molar-refractivity contribution in [3.63, 3.8) is 0 Å². The molecule has 0 aliphatic carbocycles. The minimum Gasteiger partial charge on any atom is -0.460 e. The second-order valence-corrected chi connectivity index (χ2v) is 23.7. The van der Waals surface area contributed by atoms with Gasteiger partial charge < -0.3 is 10.1 Å². The van der Waals surface area contributed by atoms with Gasteiger partial charge in [0.05, 0.1) is 0 Å². The molecule has 0 saturated carbocycles. The topological polar surface area (TPSA) is 55.4 Å². The van der Waals surface area contributed by atoms with Crippen LogP contribution in [0.1, 0.15) is 384 Å². The maximum Gasteiger partial charge on any atom is 0.303 e. The van der Waals surface area contributed by atoms with E-state index in [0.717, 1.165) is 18.4 Å². The maximum atomic E-state index is 13.1. The predicted molar refractivity (Wildman–Crippen MR) is 321 cm³/mol. The molecular weight excluding hydrogens is 879 g/mol. The van der Waals surface area contributed by atoms with Gasteiger partial charge in [-0.2, -0.15) is 0 Å². The van der Waals surface area contributed by atoms with Crippen LogP contribution in [0, 0.1) is 0 Å². The lowest BCUT2D eigenvalue weighted by Crippen LogP contribution is -2.21. The molecule has 4 nitrogen and oxygen atoms in total. The van der Waals surface area contributed by atoms with Crippen molar-refractivity contribution in [2.24, 2.45) is 0 Å². The zero-order chi connectivity index (χ0) is 52.9. The molecule has 0 aliphatic rings. The fourth-order valence-electron chi connectivity index (χ4n) is 10.8. The first-order chi connectivity index (χ1) is 35.1. The molecule has 72 heavy (non-hydrogen) atoms. The Morgan fingerprint density at radius 1 is 0.361 bits per heavy atom. The fraction of sp³-hybridized carbons (Fsp3) is 0.882. The first-order valence-electron chi connectivity index (χ1n) is 32.7. The average molecular weight is 1010 g/mol. The van der Waals surface area contributed by atoms with Crippen molar-refractivity contribution in [3.8, 4) is 0 Å². The standard InChI is InChI=1S/C62H117NO.C6H12O2/c1-5-8-11-14-17-20-23-26-29-32-35-38-41-44-47-50-53-58-56-60(62(64)63-4)57-59(54-51-48-45-42-39-36-33-30-27-24-21-18-15-12-9-6-2)61(58)55-52-49-46-43-40-37-34-31-28-25-22-19-16-13-10-7-3;1-5(7)8-6(2,3)4/h56-57H,5-55H2,1-4H3,(H,63,64);1-4H3. The number of ether oxygens (including phenoxy) is 1. The molecule has 4 heteroatoms. The number of carbonyl (C=O) groups excluding carboxylic acids is 2. The van der Waals surface area contributed by atoms with Crippen molar-refractivity contribution >= 4 is 11.9 Å². The summed E-state index contributed by atoms with van der Waals surface area (Å²) < 4.78 is 4.80. The minimum atomic E-state index is -0.328. The lowest BCUT2D eigenvalue weighted by Gasteiger charge is -2.18. The van der Waals surface area contributed by atoms with E-state index in [0.29, 0.717) is 0 Å². The maximum absolute atomic E-state index is 13.1. The summed E-state index contributed by atoms with van der Waals surface area (Å²) in [6, 6.07) is 4.59. The van der Waals surface area contributed by atoms with Crippen LogP contribution in [0.25, 0.3) is 0 Å². The van der Waals surface area contributed by atoms with Gasteiger partial charge in [0.15, 0.2) is 0 Å². The van der Waals surface area contributed by atoms with E-state index >= 15 is 0 Å². The van der Waals surface area contributed by atoms with E-state index in [4.69, 9.17) is 4.74 Å². The molecule has 0 aromatic heterocycles. The normalized spacial score (nSPS) is 11.5. The Kier molecular flexibility index (Phi) is 52.6. The van der Waals surface area contributed by atoms with Crippen LogP contribution in [-0.2, 0) is 28.8 Å². The largest absolute Gasteiger partial charge is 0.460 e. The molecule has 0 heterocycles. The number of rotatable bonds is 52. The van der Waals surface area contributed by atoms with Crippen molar-refractivity contribution in [1.82, 2.24) is 5.32 Å². The monoisotopic (exact) mass is 1010 g/mol. The van der Waals surface area contributed by atoms with Gasteiger partial charge >= 0.3 is 5.97 Å². The molecule has 0 radical (unpaired) electrons. The molecule has 1 aromatic carbocycles. The Bertz CT molecular complexity index is 1240. The van der Waals surface area contributed by atoms with E-state index in [9.17, 15) is 9.59 Å². The van der Waals surface area contributed by atoms with Gasteiger partial charge in [0, 0.05) is 19.5 Å². The molecule has 0 spiro atoms. The highest BCUT2D eigenvalue weighted by atomic mass is 16.6. The van der Waals surface area contributed by atoms with Gasteiger partial charge in [0.25, 0.3) is 5.91 Å². The van der Waals surface area contributed by atoms with E-state index < -0.39 is 0 Å². The molecule has 0 saturated heterocycles. The Morgan fingerprint density at radius 2 is 0.569 bits per heavy atom. The number of hydrogen-bond acceptors (Lipinski definition) is 3. The van der Waals surface area contributed by atoms with Gasteiger partial charge in [0.2, 0.25) is 0 Å². The highest BCUT2D eigenvalue weighted by Crippen LogP contribution is 2.27. The molecule has 0 aliphatic heterocycles. The Balaban J connectivity index is 0.00000576. The van der Waals surface area contributed by atoms with Crippen molar-refractivity contribution in [3.05, 3.63) is 34.4 Å². The quantitative estimate of drug-likeness (QED) is 0.0523. The molecule has 1 amide bonds. The fourth-order valence-corrected chi connectivity index (χ4v) is 10.8. The van der Waals surface area contributed by atoms with E-state index in [2.05, 4.69) is 38.2 Å². The number of nitrogens with one attached hydrogen (secondary N) is 1. The Morgan fingerprint density at radius 3 is 0.750 bits per heavy atom. The summed E-state index contributed by atoms with van der Waals surface area (Å²) in [5.74, 6) is -0.132. The second kappa shape index (κ2) is 54.0. The zero-order valence-corrected chi connectivity index (χ0v) is 50.4. The van der Waals surface area contributed by atoms with Crippen LogP contribution in [-0.4, -0.2) is 24.5 Å². The second-order valence-electron chi connectivity index (χ2n) is 23.7. The van der Waals surface area contributed by atoms with E-state index in [-0.39, 0.29) is 17.5 Å². The Labute approximate surface area is 452 Å². The molecule has 0 atom stereocenters. The van der Waals surface area contributed by atoms with Crippen molar-refractivity contribution in [2.75, 3.05) is 7.05 Å². The van der Waals surface area contributed by atoms with E-state index in [1.54, 1.807) is 12.6 Å². The molecule has 0 bridgehead atoms. The lowest BCUT2D eigenvalue weighted by atomic mass is 9.88. The molecule has 1 N–H and O–H groups in total. The number of amides is 1. The zero-order valence-electron chi connectivity index (χ0n) is 50.4. The van der Waals surface area contributed by atoms with Crippen LogP contribution in [0.2, 0.25) is 0 Å². The van der Waals surface area contributed by atoms with Crippen LogP contribution < -0.4 is 5.32 Å². The first kappa shape index (κ1) is 70.2. The van der Waals surface area contributed by atoms with Crippen molar-refractivity contribution < 1.29 is 14.3 Å². The van der Waals surface area contributed by atoms with Gasteiger partial charge in [0.1, 0.15) is 5.60 Å². The van der Waals surface area contributed by atoms with Gasteiger partial charge in [-0.15, -0.1) is 0 Å². The summed E-state index contributed by atoms with van der Waals surface area (Å²) in [7, 11) is 1.80. The van der Waals surface area contributed by atoms with Gasteiger partial charge in [-0.25, -0.2) is 0 Å². The third-order valence-corrected chi connectivity index (χ3v) is 15.3. The lowest BCUT2D eigenvalue weighted by molar-refractivity contribution is -0.151. The van der Waals surface area contributed by atoms with E-state index in [1.807, 2.05) is 20.8 Å². The molecular formula is C68H129NO3. The third-order valence-electron chi connectivity index (χ3n) is 15.3. The summed E-state index contributed by atoms with van der Waals surface area (Å²) in [6.45, 7) is 13.9. The van der Waals surface area contributed by atoms with Crippen LogP contribution in [0.5, 0.6) is 0 Å². The summed E-state index contributed by atoms with van der Waals surface area (Å²) in [4.78, 5) is 23.3. The number of benzene rings is 1. The first-order valence-corrected chi connectivity index (χ1v) is 32.7. The number of carbonyl (C=O) groups is 2. The van der Waals surface area contributed by atoms with Gasteiger partial charge in [-0.1, -0.05) is 310 Å². The van der Waals surface area contributed by atoms with Gasteiger partial charge in [-0.3, -0.25) is 9.59 Å². The molecule has 0 unspecified atom stereocenters. The summed E-state index contributed by atoms with van der Waals surface area (Å²) in [5.41, 5.74) is 5.19. The SMILES string of the molecule is CC(=O)OC(C)(C)C.CCCCCCCCCCCCCCCCCCc1cc(C(=O)NC)cc(CCCCCCCCCCCCCCCCCC)c1CCCCCCCCCCCCCCCCCC. The minimum absolute atomic E-state index is 0.0930. The highest BCUT2D eigenvalue weighted by Gasteiger charge is 2.15. The van der Waals surface area contributed by atoms with Crippen LogP contribution in [0.3, 0.4) is 0 Å². The van der Waals surface area contributed by atoms with Crippen molar-refractivity contribution in [1.29, 1.82) is 0 Å². The molecule has 424 valence electrons.